The topological polar surface area (TPSA) is 485 Å². The molecule has 520 valence electrons. The quantitative estimate of drug-likeness (QED) is 0.0229. The summed E-state index contributed by atoms with van der Waals surface area (Å²) >= 11 is 0. The summed E-state index contributed by atoms with van der Waals surface area (Å²) in [5, 5.41) is 109. The van der Waals surface area contributed by atoms with E-state index in [0.717, 1.165) is 4.90 Å². The van der Waals surface area contributed by atoms with Gasteiger partial charge >= 0.3 is 0 Å². The minimum Gasteiger partial charge on any atom is -0.513 e. The number of carbonyl (C=O) groups excluding carboxylic acids is 8. The first-order valence-corrected chi connectivity index (χ1v) is 30.9. The lowest BCUT2D eigenvalue weighted by Gasteiger charge is -2.41. The number of nitrogens with two attached hydrogens (primary N) is 2. The Labute approximate surface area is 536 Å². The second-order valence-electron chi connectivity index (χ2n) is 22.7. The van der Waals surface area contributed by atoms with Crippen molar-refractivity contribution in [2.24, 2.45) is 29.2 Å². The van der Waals surface area contributed by atoms with Crippen LogP contribution in [-0.4, -0.2) is 325 Å². The van der Waals surface area contributed by atoms with E-state index in [-0.39, 0.29) is 147 Å². The first kappa shape index (κ1) is 77.5. The average molecular weight is 1310 g/mol. The molecule has 34 nitrogen and oxygen atoms in total. The molecule has 92 heavy (non-hydrogen) atoms. The molecule has 0 saturated carbocycles. The summed E-state index contributed by atoms with van der Waals surface area (Å²) in [4.78, 5) is 116. The molecule has 6 aliphatic rings. The molecule has 0 radical (unpaired) electrons. The number of aliphatic hydroxyl groups excluding tert-OH is 8. The van der Waals surface area contributed by atoms with E-state index < -0.39 is 121 Å². The molecule has 4 unspecified atom stereocenters. The summed E-state index contributed by atoms with van der Waals surface area (Å²) in [6.07, 6.45) is -3.69. The second-order valence-corrected chi connectivity index (χ2v) is 22.7. The van der Waals surface area contributed by atoms with Gasteiger partial charge in [0.05, 0.1) is 75.3 Å². The lowest BCUT2D eigenvalue weighted by atomic mass is 9.93. The molecule has 8 amide bonds. The van der Waals surface area contributed by atoms with E-state index in [9.17, 15) is 79.2 Å². The number of rotatable bonds is 25. The highest BCUT2D eigenvalue weighted by Gasteiger charge is 2.41. The van der Waals surface area contributed by atoms with Gasteiger partial charge in [-0.1, -0.05) is 6.08 Å². The molecule has 20 N–H and O–H groups in total. The molecule has 0 aromatic rings. The van der Waals surface area contributed by atoms with Crippen LogP contribution >= 0.6 is 0 Å². The number of hydrogen-bond acceptors (Lipinski definition) is 26. The first-order valence-electron chi connectivity index (χ1n) is 30.9. The van der Waals surface area contributed by atoms with Gasteiger partial charge in [-0.25, -0.2) is 0 Å². The fraction of sp³-hybridized carbons (Fsp3) is 0.690. The standard InChI is InChI=1S/C58H100N16O18/c1-36-28-42-49(81)56(88)72(36)33-46(78)62-8-16-70(15-7-61-45(77)32-60)22-23-71(18-10-64-48(80)35-74-38(3)30-44(51(83)58(74)90)55(87)68-14-25-92-27-26-91-24-6-59)17-9-63-47(79)34-73-37(2)29-43(50(82)57(73)89)54(86)67-13-21-69(20-12-66-53(42)85)19-11-65-52(84)41(40(5)76)31-39(4)75/h28-31,40-41,43-44,50-51,55-56,58,68,75-76,81-83,87-88,90H,6-27,32-35,59-60H2,1-5H3,(H,61,77)(H,62,78)(H,63,79)(H,64,80)(H,65,84)(H,66,85)(H,67,86)/t40?,41-,43+,44+,50?,51?,55-,56-,58?/m1/s1. The Morgan fingerprint density at radius 1 is 0.707 bits per heavy atom. The third-order valence-corrected chi connectivity index (χ3v) is 15.6. The fourth-order valence-electron chi connectivity index (χ4n) is 10.4. The normalized spacial score (nSPS) is 24.3. The van der Waals surface area contributed by atoms with Crippen LogP contribution in [0.2, 0.25) is 0 Å². The van der Waals surface area contributed by atoms with Gasteiger partial charge in [-0.2, -0.15) is 0 Å². The minimum absolute atomic E-state index is 0.0113. The maximum absolute atomic E-state index is 13.7. The van der Waals surface area contributed by atoms with Gasteiger partial charge in [-0.15, -0.1) is 0 Å². The third kappa shape index (κ3) is 25.5. The highest BCUT2D eigenvalue weighted by Crippen LogP contribution is 2.27. The molecule has 0 saturated heterocycles. The van der Waals surface area contributed by atoms with Crippen LogP contribution in [-0.2, 0) is 47.8 Å². The van der Waals surface area contributed by atoms with Crippen molar-refractivity contribution in [1.82, 2.24) is 71.9 Å². The monoisotopic (exact) mass is 1310 g/mol. The SMILES string of the molecule is CC(O)=C[C@@H](C(=O)NCCN1CCNC(=O)C2=C(O)[C@@H](O)N(CC(=O)NCCN(CCNC(=O)CN)CCN(CCNC(=O)CN3C(C)=C[C@H]([C@@H](O)NCCOCCOCCN)C(O)C3O)CCNC(=O)CN3C(=O)C(O)[C@H](C=C3C)C(=O)NCC1)C(C)=C2)C(C)O. The van der Waals surface area contributed by atoms with E-state index >= 15 is 0 Å². The van der Waals surface area contributed by atoms with Gasteiger partial charge in [0.25, 0.3) is 11.8 Å². The van der Waals surface area contributed by atoms with Gasteiger partial charge in [0, 0.05) is 141 Å². The zero-order valence-corrected chi connectivity index (χ0v) is 53.4. The van der Waals surface area contributed by atoms with Crippen molar-refractivity contribution in [2.45, 2.75) is 71.6 Å². The maximum atomic E-state index is 13.7. The Kier molecular flexibility index (Phi) is 33.9. The first-order chi connectivity index (χ1) is 43.8. The number of hydrogen-bond donors (Lipinski definition) is 18. The van der Waals surface area contributed by atoms with Gasteiger partial charge in [-0.3, -0.25) is 58.4 Å². The Hall–Kier alpha value is -6.90. The predicted molar refractivity (Wildman–Crippen MR) is 333 cm³/mol. The van der Waals surface area contributed by atoms with Crippen LogP contribution < -0.4 is 54.0 Å². The molecule has 6 heterocycles. The van der Waals surface area contributed by atoms with Crippen LogP contribution in [0.5, 0.6) is 0 Å². The summed E-state index contributed by atoms with van der Waals surface area (Å²) in [5.74, 6) is -9.31. The number of amides is 8. The number of nitrogens with one attached hydrogen (secondary N) is 8. The van der Waals surface area contributed by atoms with Crippen LogP contribution in [0.3, 0.4) is 0 Å². The largest absolute Gasteiger partial charge is 0.513 e. The van der Waals surface area contributed by atoms with Crippen molar-refractivity contribution >= 4 is 47.3 Å². The molecule has 0 aromatic carbocycles. The van der Waals surface area contributed by atoms with E-state index in [1.165, 1.54) is 55.7 Å². The van der Waals surface area contributed by atoms with Crippen molar-refractivity contribution < 1.29 is 88.7 Å². The fourth-order valence-corrected chi connectivity index (χ4v) is 10.4. The van der Waals surface area contributed by atoms with Crippen molar-refractivity contribution in [2.75, 3.05) is 170 Å². The summed E-state index contributed by atoms with van der Waals surface area (Å²) in [7, 11) is 0. The van der Waals surface area contributed by atoms with Crippen LogP contribution in [0.25, 0.3) is 0 Å². The molecule has 9 atom stereocenters. The van der Waals surface area contributed by atoms with Crippen LogP contribution in [0.4, 0.5) is 0 Å². The molecule has 34 heteroatoms. The van der Waals surface area contributed by atoms with Gasteiger partial charge in [0.2, 0.25) is 35.4 Å². The molecule has 4 bridgehead atoms. The molecule has 0 aromatic heterocycles. The zero-order chi connectivity index (χ0) is 68.0. The van der Waals surface area contributed by atoms with Gasteiger partial charge < -0.3 is 114 Å². The average Bonchev–Trinajstić information content (AvgIpc) is 0.888. The summed E-state index contributed by atoms with van der Waals surface area (Å²) in [5.41, 5.74) is 11.6. The zero-order valence-electron chi connectivity index (χ0n) is 53.4. The van der Waals surface area contributed by atoms with Gasteiger partial charge in [0.15, 0.2) is 18.2 Å². The van der Waals surface area contributed by atoms with E-state index in [0.29, 0.717) is 38.6 Å². The molecular weight excluding hydrogens is 1210 g/mol. The minimum atomic E-state index is -1.87. The highest BCUT2D eigenvalue weighted by atomic mass is 16.5. The highest BCUT2D eigenvalue weighted by molar-refractivity contribution is 5.97. The molecule has 6 rings (SSSR count). The summed E-state index contributed by atoms with van der Waals surface area (Å²) in [6.45, 7) is 9.79. The van der Waals surface area contributed by atoms with Crippen LogP contribution in [0.1, 0.15) is 34.6 Å². The van der Waals surface area contributed by atoms with Crippen LogP contribution in [0, 0.1) is 17.8 Å². The predicted octanol–water partition coefficient (Wildman–Crippen LogP) is -8.38. The number of allylic oxidation sites excluding steroid dienone is 4. The Morgan fingerprint density at radius 2 is 1.26 bits per heavy atom. The van der Waals surface area contributed by atoms with E-state index in [1.807, 2.05) is 9.80 Å². The lowest BCUT2D eigenvalue weighted by molar-refractivity contribution is -0.148. The van der Waals surface area contributed by atoms with Crippen molar-refractivity contribution in [3.05, 3.63) is 58.5 Å². The number of nitrogens with zero attached hydrogens (tertiary/aromatic N) is 6. The lowest BCUT2D eigenvalue weighted by Crippen LogP contribution is -2.56. The smallest absolute Gasteiger partial charge is 0.257 e. The molecule has 0 fully saturated rings. The molecule has 0 aliphatic carbocycles. The van der Waals surface area contributed by atoms with E-state index in [4.69, 9.17) is 20.9 Å². The number of aliphatic hydroxyl groups is 8. The molecular formula is C58H100N16O18. The molecule has 6 aliphatic heterocycles. The van der Waals surface area contributed by atoms with Gasteiger partial charge in [0.1, 0.15) is 25.0 Å². The Morgan fingerprint density at radius 3 is 1.85 bits per heavy atom. The van der Waals surface area contributed by atoms with Crippen molar-refractivity contribution in [3.8, 4) is 0 Å². The Bertz CT molecular complexity index is 2610. The van der Waals surface area contributed by atoms with E-state index in [2.05, 4.69) is 42.5 Å². The van der Waals surface area contributed by atoms with Crippen molar-refractivity contribution in [3.63, 3.8) is 0 Å². The summed E-state index contributed by atoms with van der Waals surface area (Å²) in [6, 6.07) is 0. The van der Waals surface area contributed by atoms with Crippen molar-refractivity contribution in [1.29, 1.82) is 0 Å². The number of ether oxygens (including phenoxy) is 2. The molecule has 0 spiro atoms. The van der Waals surface area contributed by atoms with Gasteiger partial charge in [-0.05, 0) is 52.8 Å². The Balaban J connectivity index is 1.52. The van der Waals surface area contributed by atoms with E-state index in [1.54, 1.807) is 17.9 Å². The third-order valence-electron chi connectivity index (χ3n) is 15.6. The van der Waals surface area contributed by atoms with Crippen LogP contribution in [0.15, 0.2) is 58.5 Å². The maximum Gasteiger partial charge on any atom is 0.257 e. The second kappa shape index (κ2) is 40.3. The summed E-state index contributed by atoms with van der Waals surface area (Å²) < 4.78 is 10.7. The number of carbonyl (C=O) groups is 8.